The van der Waals surface area contributed by atoms with E-state index >= 15 is 0 Å². The zero-order valence-electron chi connectivity index (χ0n) is 13.6. The molecule has 5 heteroatoms. The predicted molar refractivity (Wildman–Crippen MR) is 92.3 cm³/mol. The number of rotatable bonds is 7. The van der Waals surface area contributed by atoms with Crippen molar-refractivity contribution in [2.45, 2.75) is 19.9 Å². The van der Waals surface area contributed by atoms with Crippen molar-refractivity contribution in [1.29, 1.82) is 0 Å². The number of carbonyl (C=O) groups is 1. The van der Waals surface area contributed by atoms with Gasteiger partial charge in [0.2, 0.25) is 5.91 Å². The minimum atomic E-state index is -0.391. The highest BCUT2D eigenvalue weighted by Crippen LogP contribution is 2.24. The Kier molecular flexibility index (Phi) is 5.86. The Balaban J connectivity index is 1.99. The second-order valence-electron chi connectivity index (χ2n) is 5.01. The molecule has 2 aromatic rings. The van der Waals surface area contributed by atoms with E-state index in [-0.39, 0.29) is 5.91 Å². The maximum atomic E-state index is 12.3. The average molecular weight is 314 g/mol. The fourth-order valence-corrected chi connectivity index (χ4v) is 2.10. The highest BCUT2D eigenvalue weighted by molar-refractivity contribution is 5.97. The van der Waals surface area contributed by atoms with E-state index in [1.807, 2.05) is 62.4 Å². The quantitative estimate of drug-likeness (QED) is 0.821. The van der Waals surface area contributed by atoms with E-state index in [1.54, 1.807) is 7.11 Å². The highest BCUT2D eigenvalue weighted by Gasteiger charge is 2.14. The summed E-state index contributed by atoms with van der Waals surface area (Å²) in [5, 5.41) is 6.04. The first-order chi connectivity index (χ1) is 11.1. The summed E-state index contributed by atoms with van der Waals surface area (Å²) in [5.74, 6) is 1.31. The Hall–Kier alpha value is -2.69. The van der Waals surface area contributed by atoms with Crippen LogP contribution in [0.25, 0.3) is 0 Å². The van der Waals surface area contributed by atoms with Gasteiger partial charge in [-0.15, -0.1) is 0 Å². The van der Waals surface area contributed by atoms with Gasteiger partial charge in [-0.3, -0.25) is 4.79 Å². The molecule has 0 saturated carbocycles. The van der Waals surface area contributed by atoms with Crippen molar-refractivity contribution < 1.29 is 14.3 Å². The molecule has 122 valence electrons. The lowest BCUT2D eigenvalue weighted by atomic mass is 10.2. The molecule has 0 aromatic heterocycles. The summed E-state index contributed by atoms with van der Waals surface area (Å²) >= 11 is 0. The second kappa shape index (κ2) is 8.08. The topological polar surface area (TPSA) is 59.6 Å². The van der Waals surface area contributed by atoms with E-state index in [2.05, 4.69) is 10.6 Å². The largest absolute Gasteiger partial charge is 0.497 e. The molecule has 0 aliphatic rings. The fraction of sp³-hybridized carbons (Fsp3) is 0.278. The van der Waals surface area contributed by atoms with Gasteiger partial charge in [0.05, 0.1) is 19.4 Å². The van der Waals surface area contributed by atoms with Crippen molar-refractivity contribution in [3.8, 4) is 11.5 Å². The number of hydrogen-bond donors (Lipinski definition) is 2. The summed E-state index contributed by atoms with van der Waals surface area (Å²) in [4.78, 5) is 12.3. The maximum absolute atomic E-state index is 12.3. The molecule has 2 N–H and O–H groups in total. The van der Waals surface area contributed by atoms with Gasteiger partial charge in [0.25, 0.3) is 0 Å². The Bertz CT molecular complexity index is 641. The Morgan fingerprint density at radius 2 is 1.83 bits per heavy atom. The molecule has 0 heterocycles. The number of benzene rings is 2. The van der Waals surface area contributed by atoms with Gasteiger partial charge in [-0.1, -0.05) is 12.1 Å². The van der Waals surface area contributed by atoms with Crippen molar-refractivity contribution >= 4 is 17.3 Å². The first kappa shape index (κ1) is 16.7. The molecule has 0 aliphatic heterocycles. The van der Waals surface area contributed by atoms with Crippen LogP contribution in [0.4, 0.5) is 11.4 Å². The molecule has 1 unspecified atom stereocenters. The summed E-state index contributed by atoms with van der Waals surface area (Å²) < 4.78 is 10.6. The number of anilines is 2. The SMILES string of the molecule is CCOc1ccccc1NC(=O)C(C)Nc1ccc(OC)cc1. The van der Waals surface area contributed by atoms with Crippen molar-refractivity contribution in [2.24, 2.45) is 0 Å². The van der Waals surface area contributed by atoms with Crippen LogP contribution in [0.15, 0.2) is 48.5 Å². The van der Waals surface area contributed by atoms with Gasteiger partial charge < -0.3 is 20.1 Å². The lowest BCUT2D eigenvalue weighted by Gasteiger charge is -2.17. The first-order valence-corrected chi connectivity index (χ1v) is 7.57. The van der Waals surface area contributed by atoms with Crippen LogP contribution in [0, 0.1) is 0 Å². The molecule has 1 atom stereocenters. The van der Waals surface area contributed by atoms with Crippen LogP contribution >= 0.6 is 0 Å². The van der Waals surface area contributed by atoms with Crippen LogP contribution in [0.2, 0.25) is 0 Å². The first-order valence-electron chi connectivity index (χ1n) is 7.57. The van der Waals surface area contributed by atoms with Gasteiger partial charge >= 0.3 is 0 Å². The fourth-order valence-electron chi connectivity index (χ4n) is 2.10. The summed E-state index contributed by atoms with van der Waals surface area (Å²) in [5.41, 5.74) is 1.52. The molecular weight excluding hydrogens is 292 g/mol. The molecule has 2 aromatic carbocycles. The Morgan fingerprint density at radius 1 is 1.13 bits per heavy atom. The minimum absolute atomic E-state index is 0.132. The van der Waals surface area contributed by atoms with Crippen LogP contribution in [0.3, 0.4) is 0 Å². The molecule has 0 aliphatic carbocycles. The number of hydrogen-bond acceptors (Lipinski definition) is 4. The van der Waals surface area contributed by atoms with Crippen molar-refractivity contribution in [1.82, 2.24) is 0 Å². The summed E-state index contributed by atoms with van der Waals surface area (Å²) in [6.07, 6.45) is 0. The van der Waals surface area contributed by atoms with Crippen molar-refractivity contribution in [3.63, 3.8) is 0 Å². The molecular formula is C18H22N2O3. The molecule has 0 radical (unpaired) electrons. The van der Waals surface area contributed by atoms with Gasteiger partial charge in [0, 0.05) is 5.69 Å². The Morgan fingerprint density at radius 3 is 2.48 bits per heavy atom. The molecule has 0 saturated heterocycles. The van der Waals surface area contributed by atoms with Crippen LogP contribution < -0.4 is 20.1 Å². The number of nitrogens with one attached hydrogen (secondary N) is 2. The normalized spacial score (nSPS) is 11.4. The third-order valence-electron chi connectivity index (χ3n) is 3.31. The number of carbonyl (C=O) groups excluding carboxylic acids is 1. The third kappa shape index (κ3) is 4.64. The zero-order chi connectivity index (χ0) is 16.7. The monoisotopic (exact) mass is 314 g/mol. The highest BCUT2D eigenvalue weighted by atomic mass is 16.5. The minimum Gasteiger partial charge on any atom is -0.497 e. The van der Waals surface area contributed by atoms with E-state index in [1.165, 1.54) is 0 Å². The average Bonchev–Trinajstić information content (AvgIpc) is 2.57. The number of amides is 1. The van der Waals surface area contributed by atoms with Gasteiger partial charge in [-0.25, -0.2) is 0 Å². The third-order valence-corrected chi connectivity index (χ3v) is 3.31. The van der Waals surface area contributed by atoms with E-state index in [9.17, 15) is 4.79 Å². The molecule has 2 rings (SSSR count). The molecule has 0 bridgehead atoms. The van der Waals surface area contributed by atoms with Gasteiger partial charge in [-0.05, 0) is 50.2 Å². The van der Waals surface area contributed by atoms with Crippen LogP contribution in [-0.2, 0) is 4.79 Å². The summed E-state index contributed by atoms with van der Waals surface area (Å²) in [7, 11) is 1.62. The van der Waals surface area contributed by atoms with Crippen molar-refractivity contribution in [2.75, 3.05) is 24.4 Å². The molecule has 5 nitrogen and oxygen atoms in total. The molecule has 1 amide bonds. The molecule has 0 spiro atoms. The molecule has 0 fully saturated rings. The van der Waals surface area contributed by atoms with Crippen LogP contribution in [-0.4, -0.2) is 25.7 Å². The van der Waals surface area contributed by atoms with Gasteiger partial charge in [0.15, 0.2) is 0 Å². The van der Waals surface area contributed by atoms with Crippen LogP contribution in [0.5, 0.6) is 11.5 Å². The number of methoxy groups -OCH3 is 1. The lowest BCUT2D eigenvalue weighted by Crippen LogP contribution is -2.32. The molecule has 23 heavy (non-hydrogen) atoms. The number of ether oxygens (including phenoxy) is 2. The second-order valence-corrected chi connectivity index (χ2v) is 5.01. The predicted octanol–water partition coefficient (Wildman–Crippen LogP) is 3.53. The number of para-hydroxylation sites is 2. The van der Waals surface area contributed by atoms with E-state index in [4.69, 9.17) is 9.47 Å². The standard InChI is InChI=1S/C18H22N2O3/c1-4-23-17-8-6-5-7-16(17)20-18(21)13(2)19-14-9-11-15(22-3)12-10-14/h5-13,19H,4H2,1-3H3,(H,20,21). The van der Waals surface area contributed by atoms with Crippen LogP contribution in [0.1, 0.15) is 13.8 Å². The van der Waals surface area contributed by atoms with Gasteiger partial charge in [-0.2, -0.15) is 0 Å². The van der Waals surface area contributed by atoms with Gasteiger partial charge in [0.1, 0.15) is 17.5 Å². The summed E-state index contributed by atoms with van der Waals surface area (Å²) in [6, 6.07) is 14.4. The summed E-state index contributed by atoms with van der Waals surface area (Å²) in [6.45, 7) is 4.27. The van der Waals surface area contributed by atoms with Crippen molar-refractivity contribution in [3.05, 3.63) is 48.5 Å². The lowest BCUT2D eigenvalue weighted by molar-refractivity contribution is -0.116. The maximum Gasteiger partial charge on any atom is 0.246 e. The Labute approximate surface area is 136 Å². The van der Waals surface area contributed by atoms with E-state index in [0.29, 0.717) is 18.0 Å². The smallest absolute Gasteiger partial charge is 0.246 e. The van der Waals surface area contributed by atoms with E-state index in [0.717, 1.165) is 11.4 Å². The van der Waals surface area contributed by atoms with E-state index < -0.39 is 6.04 Å². The zero-order valence-corrected chi connectivity index (χ0v) is 13.6.